The van der Waals surface area contributed by atoms with Crippen LogP contribution in [0.4, 0.5) is 14.9 Å². The second-order valence-corrected chi connectivity index (χ2v) is 11.1. The highest BCUT2D eigenvalue weighted by Gasteiger charge is 2.43. The van der Waals surface area contributed by atoms with Crippen molar-refractivity contribution in [3.63, 3.8) is 0 Å². The number of hydrogen-bond donors (Lipinski definition) is 0. The second kappa shape index (κ2) is 6.53. The Morgan fingerprint density at radius 2 is 2.00 bits per heavy atom. The van der Waals surface area contributed by atoms with Crippen LogP contribution < -0.4 is 4.90 Å². The van der Waals surface area contributed by atoms with E-state index in [1.54, 1.807) is 12.1 Å². The minimum absolute atomic E-state index is 0.161. The highest BCUT2D eigenvalue weighted by Crippen LogP contribution is 2.32. The molecule has 0 spiro atoms. The van der Waals surface area contributed by atoms with Gasteiger partial charge < -0.3 is 9.16 Å². The topological polar surface area (TPSA) is 38.8 Å². The van der Waals surface area contributed by atoms with E-state index in [2.05, 4.69) is 36.7 Å². The van der Waals surface area contributed by atoms with Crippen molar-refractivity contribution < 1.29 is 18.3 Å². The zero-order chi connectivity index (χ0) is 17.4. The molecule has 1 atom stereocenters. The zero-order valence-electron chi connectivity index (χ0n) is 14.2. The number of halogens is 2. The first kappa shape index (κ1) is 18.4. The quantitative estimate of drug-likeness (QED) is 0.712. The molecule has 1 fully saturated rings. The Labute approximate surface area is 147 Å². The maximum Gasteiger partial charge on any atom is 0.414 e. The summed E-state index contributed by atoms with van der Waals surface area (Å²) in [5.74, 6) is -0.408. The highest BCUT2D eigenvalue weighted by molar-refractivity contribution is 9.10. The smallest absolute Gasteiger partial charge is 0.414 e. The number of nitrogens with zero attached hydrogens (tertiary/aromatic N) is 1. The van der Waals surface area contributed by atoms with Crippen LogP contribution in [0.3, 0.4) is 0 Å². The van der Waals surface area contributed by atoms with Gasteiger partial charge in [0.2, 0.25) is 0 Å². The predicted molar refractivity (Wildman–Crippen MR) is 95.1 cm³/mol. The number of carbonyl (C=O) groups excluding carboxylic acids is 1. The van der Waals surface area contributed by atoms with Gasteiger partial charge in [-0.2, -0.15) is 0 Å². The average molecular weight is 404 g/mol. The van der Waals surface area contributed by atoms with Crippen LogP contribution in [0.25, 0.3) is 0 Å². The molecule has 0 saturated carbocycles. The first-order chi connectivity index (χ1) is 10.5. The molecular weight excluding hydrogens is 381 g/mol. The largest absolute Gasteiger partial charge is 0.441 e. The summed E-state index contributed by atoms with van der Waals surface area (Å²) >= 11 is 3.11. The molecule has 128 valence electrons. The van der Waals surface area contributed by atoms with E-state index in [4.69, 9.17) is 9.16 Å². The van der Waals surface area contributed by atoms with E-state index in [0.717, 1.165) is 0 Å². The van der Waals surface area contributed by atoms with Crippen LogP contribution in [-0.4, -0.2) is 34.1 Å². The van der Waals surface area contributed by atoms with Crippen molar-refractivity contribution in [1.29, 1.82) is 0 Å². The van der Waals surface area contributed by atoms with Gasteiger partial charge in [0, 0.05) is 0 Å². The molecule has 0 radical (unpaired) electrons. The lowest BCUT2D eigenvalue weighted by atomic mass is 10.0. The monoisotopic (exact) mass is 403 g/mol. The van der Waals surface area contributed by atoms with Crippen LogP contribution in [0.1, 0.15) is 34.6 Å². The Bertz CT molecular complexity index is 603. The summed E-state index contributed by atoms with van der Waals surface area (Å²) in [5, 5.41) is 0.161. The van der Waals surface area contributed by atoms with Gasteiger partial charge in [-0.3, -0.25) is 4.90 Å². The fraction of sp³-hybridized carbons (Fsp3) is 0.562. The molecule has 23 heavy (non-hydrogen) atoms. The number of rotatable bonds is 4. The summed E-state index contributed by atoms with van der Waals surface area (Å²) < 4.78 is 25.6. The van der Waals surface area contributed by atoms with E-state index in [9.17, 15) is 9.18 Å². The van der Waals surface area contributed by atoms with E-state index >= 15 is 0 Å². The number of ether oxygens (including phenoxy) is 1. The summed E-state index contributed by atoms with van der Waals surface area (Å²) in [6, 6.07) is 4.60. The number of cyclic esters (lactones) is 1. The van der Waals surface area contributed by atoms with Crippen molar-refractivity contribution in [2.24, 2.45) is 0 Å². The molecule has 1 saturated heterocycles. The van der Waals surface area contributed by atoms with Crippen molar-refractivity contribution in [3.8, 4) is 0 Å². The van der Waals surface area contributed by atoms with Gasteiger partial charge in [0.25, 0.3) is 0 Å². The van der Waals surface area contributed by atoms with Crippen molar-refractivity contribution in [1.82, 2.24) is 0 Å². The third kappa shape index (κ3) is 4.55. The highest BCUT2D eigenvalue weighted by atomic mass is 79.9. The number of hydrogen-bond acceptors (Lipinski definition) is 3. The number of amides is 1. The summed E-state index contributed by atoms with van der Waals surface area (Å²) in [7, 11) is -0.773. The van der Waals surface area contributed by atoms with Crippen molar-refractivity contribution in [3.05, 3.63) is 28.5 Å². The SMILES string of the molecule is CC(C)(C)[SiH2]OC(C)(C)[C@H]1CN(c2ccc(Br)c(F)c2)C(=O)O1. The third-order valence-corrected chi connectivity index (χ3v) is 6.08. The molecule has 4 nitrogen and oxygen atoms in total. The molecule has 1 aromatic rings. The van der Waals surface area contributed by atoms with E-state index in [-0.39, 0.29) is 11.1 Å². The predicted octanol–water partition coefficient (Wildman–Crippen LogP) is 4.01. The van der Waals surface area contributed by atoms with Gasteiger partial charge in [0.05, 0.1) is 22.3 Å². The molecule has 7 heteroatoms. The van der Waals surface area contributed by atoms with Crippen molar-refractivity contribution in [2.45, 2.75) is 51.4 Å². The lowest BCUT2D eigenvalue weighted by Crippen LogP contribution is -2.43. The van der Waals surface area contributed by atoms with Crippen LogP contribution in [-0.2, 0) is 9.16 Å². The average Bonchev–Trinajstić information content (AvgIpc) is 2.82. The molecule has 1 heterocycles. The van der Waals surface area contributed by atoms with E-state index in [1.165, 1.54) is 11.0 Å². The first-order valence-corrected chi connectivity index (χ1v) is 9.64. The molecule has 0 unspecified atom stereocenters. The second-order valence-electron chi connectivity index (χ2n) is 7.53. The van der Waals surface area contributed by atoms with Crippen LogP contribution >= 0.6 is 15.9 Å². The van der Waals surface area contributed by atoms with E-state index < -0.39 is 27.3 Å². The Morgan fingerprint density at radius 1 is 1.35 bits per heavy atom. The van der Waals surface area contributed by atoms with Crippen LogP contribution in [0, 0.1) is 5.82 Å². The maximum atomic E-state index is 13.7. The van der Waals surface area contributed by atoms with Crippen LogP contribution in [0.15, 0.2) is 22.7 Å². The molecule has 0 bridgehead atoms. The summed E-state index contributed by atoms with van der Waals surface area (Å²) in [6.45, 7) is 10.7. The van der Waals surface area contributed by atoms with Gasteiger partial charge in [-0.05, 0) is 53.0 Å². The van der Waals surface area contributed by atoms with Crippen LogP contribution in [0.5, 0.6) is 0 Å². The Hall–Kier alpha value is -0.923. The lowest BCUT2D eigenvalue weighted by Gasteiger charge is -2.33. The van der Waals surface area contributed by atoms with Crippen molar-refractivity contribution in [2.75, 3.05) is 11.4 Å². The summed E-state index contributed by atoms with van der Waals surface area (Å²) in [5.41, 5.74) is -0.0697. The molecule has 0 aliphatic carbocycles. The van der Waals surface area contributed by atoms with Gasteiger partial charge in [-0.25, -0.2) is 9.18 Å². The Kier molecular flexibility index (Phi) is 5.23. The number of anilines is 1. The first-order valence-electron chi connectivity index (χ1n) is 7.57. The lowest BCUT2D eigenvalue weighted by molar-refractivity contribution is -0.0133. The van der Waals surface area contributed by atoms with Gasteiger partial charge in [0.1, 0.15) is 11.9 Å². The molecule has 0 aromatic heterocycles. The van der Waals surface area contributed by atoms with E-state index in [1.807, 2.05) is 13.8 Å². The van der Waals surface area contributed by atoms with E-state index in [0.29, 0.717) is 16.7 Å². The van der Waals surface area contributed by atoms with Crippen molar-refractivity contribution >= 4 is 37.5 Å². The molecule has 0 N–H and O–H groups in total. The molecule has 1 aliphatic rings. The zero-order valence-corrected chi connectivity index (χ0v) is 17.2. The van der Waals surface area contributed by atoms with Gasteiger partial charge >= 0.3 is 6.09 Å². The summed E-state index contributed by atoms with van der Waals surface area (Å²) in [4.78, 5) is 13.6. The fourth-order valence-electron chi connectivity index (χ4n) is 2.18. The molecule has 2 rings (SSSR count). The fourth-order valence-corrected chi connectivity index (χ4v) is 3.42. The standard InChI is InChI=1S/C16H23BrFNO3Si/c1-15(2,3)23-22-16(4,5)13-9-19(14(20)21-13)10-6-7-11(17)12(18)8-10/h6-8,13H,9,23H2,1-5H3/t13-/m1/s1. The van der Waals surface area contributed by atoms with Crippen LogP contribution in [0.2, 0.25) is 5.04 Å². The normalized spacial score (nSPS) is 19.7. The maximum absolute atomic E-state index is 13.7. The number of carbonyl (C=O) groups is 1. The molecular formula is C16H23BrFNO3Si. The Balaban J connectivity index is 2.11. The molecule has 1 amide bonds. The number of benzene rings is 1. The van der Waals surface area contributed by atoms with Gasteiger partial charge in [-0.1, -0.05) is 20.8 Å². The minimum Gasteiger partial charge on any atom is -0.441 e. The van der Waals surface area contributed by atoms with Gasteiger partial charge in [0.15, 0.2) is 9.76 Å². The summed E-state index contributed by atoms with van der Waals surface area (Å²) in [6.07, 6.45) is -0.845. The molecule has 1 aromatic carbocycles. The third-order valence-electron chi connectivity index (χ3n) is 3.68. The Morgan fingerprint density at radius 3 is 2.57 bits per heavy atom. The minimum atomic E-state index is -0.773. The van der Waals surface area contributed by atoms with Gasteiger partial charge in [-0.15, -0.1) is 0 Å². The molecule has 1 aliphatic heterocycles.